The third-order valence-electron chi connectivity index (χ3n) is 3.51. The van der Waals surface area contributed by atoms with Crippen LogP contribution in [0.1, 0.15) is 0 Å². The van der Waals surface area contributed by atoms with E-state index in [1.807, 2.05) is 59.2 Å². The summed E-state index contributed by atoms with van der Waals surface area (Å²) < 4.78 is 8.81. The van der Waals surface area contributed by atoms with Crippen LogP contribution in [0.2, 0.25) is 5.02 Å². The van der Waals surface area contributed by atoms with E-state index >= 15 is 0 Å². The number of ether oxygens (including phenoxy) is 1. The van der Waals surface area contributed by atoms with Crippen molar-refractivity contribution < 1.29 is 4.74 Å². The summed E-state index contributed by atoms with van der Waals surface area (Å²) in [5, 5.41) is 10.2. The van der Waals surface area contributed by atoms with E-state index in [0.717, 1.165) is 32.5 Å². The molecule has 0 radical (unpaired) electrons. The second kappa shape index (κ2) is 9.26. The van der Waals surface area contributed by atoms with E-state index < -0.39 is 0 Å². The number of aromatic nitrogens is 3. The van der Waals surface area contributed by atoms with Crippen molar-refractivity contribution in [1.29, 1.82) is 0 Å². The van der Waals surface area contributed by atoms with Gasteiger partial charge in [-0.05, 0) is 42.5 Å². The topological polar surface area (TPSA) is 39.9 Å². The lowest BCUT2D eigenvalue weighted by Gasteiger charge is -2.09. The maximum absolute atomic E-state index is 5.97. The van der Waals surface area contributed by atoms with Crippen molar-refractivity contribution in [3.8, 4) is 17.1 Å². The Morgan fingerprint density at radius 1 is 1.19 bits per heavy atom. The van der Waals surface area contributed by atoms with Crippen LogP contribution in [0.3, 0.4) is 0 Å². The van der Waals surface area contributed by atoms with Gasteiger partial charge < -0.3 is 4.74 Å². The van der Waals surface area contributed by atoms with Gasteiger partial charge in [0.2, 0.25) is 0 Å². The first-order valence-electron chi connectivity index (χ1n) is 7.98. The minimum absolute atomic E-state index is 0.582. The number of nitrogens with zero attached hydrogens (tertiary/aromatic N) is 3. The van der Waals surface area contributed by atoms with Crippen molar-refractivity contribution in [3.63, 3.8) is 0 Å². The summed E-state index contributed by atoms with van der Waals surface area (Å²) in [5.74, 6) is 2.41. The minimum atomic E-state index is 0.582. The average Bonchev–Trinajstić information content (AvgIpc) is 3.03. The fourth-order valence-electron chi connectivity index (χ4n) is 2.35. The molecular weight excluding hydrogens is 434 g/mol. The molecule has 0 saturated heterocycles. The molecule has 7 heteroatoms. The smallest absolute Gasteiger partial charge is 0.191 e. The molecule has 0 N–H and O–H groups in total. The highest BCUT2D eigenvalue weighted by atomic mass is 79.9. The second-order valence-electron chi connectivity index (χ2n) is 5.37. The Hall–Kier alpha value is -1.76. The molecule has 134 valence electrons. The Kier molecular flexibility index (Phi) is 6.77. The first kappa shape index (κ1) is 19.0. The molecule has 0 aliphatic carbocycles. The molecule has 1 aromatic heterocycles. The normalized spacial score (nSPS) is 10.7. The first-order valence-corrected chi connectivity index (χ1v) is 10.1. The van der Waals surface area contributed by atoms with Gasteiger partial charge in [-0.1, -0.05) is 51.4 Å². The Bertz CT molecular complexity index is 883. The quantitative estimate of drug-likeness (QED) is 0.250. The first-order chi connectivity index (χ1) is 12.7. The molecule has 0 amide bonds. The molecule has 0 bridgehead atoms. The highest BCUT2D eigenvalue weighted by Crippen LogP contribution is 2.25. The Morgan fingerprint density at radius 3 is 2.73 bits per heavy atom. The van der Waals surface area contributed by atoms with Gasteiger partial charge in [-0.15, -0.1) is 16.8 Å². The number of hydrogen-bond acceptors (Lipinski definition) is 4. The Labute approximate surface area is 170 Å². The molecule has 1 heterocycles. The zero-order valence-electron chi connectivity index (χ0n) is 13.9. The predicted molar refractivity (Wildman–Crippen MR) is 111 cm³/mol. The molecule has 0 saturated carbocycles. The SMILES string of the molecule is C=CCn1c(SCCOc2cccc(Br)c2)nnc1-c1ccc(Cl)cc1. The fraction of sp³-hybridized carbons (Fsp3) is 0.158. The number of rotatable bonds is 8. The number of thioether (sulfide) groups is 1. The van der Waals surface area contributed by atoms with Crippen LogP contribution in [0, 0.1) is 0 Å². The lowest BCUT2D eigenvalue weighted by molar-refractivity contribution is 0.343. The van der Waals surface area contributed by atoms with Crippen molar-refractivity contribution >= 4 is 39.3 Å². The second-order valence-corrected chi connectivity index (χ2v) is 7.78. The van der Waals surface area contributed by atoms with E-state index in [1.54, 1.807) is 11.8 Å². The number of allylic oxidation sites excluding steroid dienone is 1. The van der Waals surface area contributed by atoms with E-state index in [4.69, 9.17) is 16.3 Å². The third kappa shape index (κ3) is 4.90. The van der Waals surface area contributed by atoms with Gasteiger partial charge in [-0.3, -0.25) is 4.57 Å². The summed E-state index contributed by atoms with van der Waals surface area (Å²) in [4.78, 5) is 0. The lowest BCUT2D eigenvalue weighted by Crippen LogP contribution is -2.04. The van der Waals surface area contributed by atoms with Crippen molar-refractivity contribution in [2.45, 2.75) is 11.7 Å². The van der Waals surface area contributed by atoms with Gasteiger partial charge in [0.15, 0.2) is 11.0 Å². The lowest BCUT2D eigenvalue weighted by atomic mass is 10.2. The third-order valence-corrected chi connectivity index (χ3v) is 5.19. The molecule has 0 unspecified atom stereocenters. The number of benzene rings is 2. The van der Waals surface area contributed by atoms with Gasteiger partial charge in [0, 0.05) is 27.4 Å². The molecular formula is C19H17BrClN3OS. The molecule has 26 heavy (non-hydrogen) atoms. The van der Waals surface area contributed by atoms with E-state index in [0.29, 0.717) is 18.2 Å². The van der Waals surface area contributed by atoms with Crippen molar-refractivity contribution in [3.05, 3.63) is 70.7 Å². The summed E-state index contributed by atoms with van der Waals surface area (Å²) >= 11 is 11.0. The van der Waals surface area contributed by atoms with Crippen LogP contribution in [0.25, 0.3) is 11.4 Å². The van der Waals surface area contributed by atoms with Gasteiger partial charge in [0.1, 0.15) is 5.75 Å². The monoisotopic (exact) mass is 449 g/mol. The van der Waals surface area contributed by atoms with E-state index in [1.165, 1.54) is 0 Å². The van der Waals surface area contributed by atoms with E-state index in [2.05, 4.69) is 32.7 Å². The Balaban J connectivity index is 1.66. The molecule has 0 fully saturated rings. The molecule has 0 atom stereocenters. The molecule has 4 nitrogen and oxygen atoms in total. The molecule has 0 aliphatic heterocycles. The Morgan fingerprint density at radius 2 is 2.00 bits per heavy atom. The van der Waals surface area contributed by atoms with Crippen molar-refractivity contribution in [2.75, 3.05) is 12.4 Å². The van der Waals surface area contributed by atoms with Gasteiger partial charge in [0.05, 0.1) is 6.61 Å². The maximum Gasteiger partial charge on any atom is 0.191 e. The molecule has 3 aromatic rings. The highest BCUT2D eigenvalue weighted by Gasteiger charge is 2.13. The van der Waals surface area contributed by atoms with E-state index in [9.17, 15) is 0 Å². The zero-order valence-corrected chi connectivity index (χ0v) is 17.1. The van der Waals surface area contributed by atoms with E-state index in [-0.39, 0.29) is 0 Å². The fourth-order valence-corrected chi connectivity index (χ4v) is 3.62. The molecule has 0 spiro atoms. The molecule has 0 aliphatic rings. The van der Waals surface area contributed by atoms with Crippen LogP contribution in [0.4, 0.5) is 0 Å². The summed E-state index contributed by atoms with van der Waals surface area (Å²) in [6.45, 7) is 5.05. The summed E-state index contributed by atoms with van der Waals surface area (Å²) in [5.41, 5.74) is 0.973. The molecule has 2 aromatic carbocycles. The summed E-state index contributed by atoms with van der Waals surface area (Å²) in [6.07, 6.45) is 1.84. The van der Waals surface area contributed by atoms with Crippen LogP contribution in [0.15, 0.2) is 70.8 Å². The summed E-state index contributed by atoms with van der Waals surface area (Å²) in [7, 11) is 0. The van der Waals surface area contributed by atoms with Crippen molar-refractivity contribution in [2.24, 2.45) is 0 Å². The summed E-state index contributed by atoms with van der Waals surface area (Å²) in [6, 6.07) is 15.4. The van der Waals surface area contributed by atoms with Gasteiger partial charge in [0.25, 0.3) is 0 Å². The highest BCUT2D eigenvalue weighted by molar-refractivity contribution is 9.10. The van der Waals surface area contributed by atoms with Gasteiger partial charge >= 0.3 is 0 Å². The number of hydrogen-bond donors (Lipinski definition) is 0. The molecule has 3 rings (SSSR count). The van der Waals surface area contributed by atoms with Crippen LogP contribution in [-0.2, 0) is 6.54 Å². The van der Waals surface area contributed by atoms with Crippen LogP contribution in [-0.4, -0.2) is 27.1 Å². The largest absolute Gasteiger partial charge is 0.493 e. The minimum Gasteiger partial charge on any atom is -0.493 e. The average molecular weight is 451 g/mol. The van der Waals surface area contributed by atoms with Crippen molar-refractivity contribution in [1.82, 2.24) is 14.8 Å². The van der Waals surface area contributed by atoms with Gasteiger partial charge in [-0.2, -0.15) is 0 Å². The van der Waals surface area contributed by atoms with Crippen LogP contribution in [0.5, 0.6) is 5.75 Å². The maximum atomic E-state index is 5.97. The standard InChI is InChI=1S/C19H17BrClN3OS/c1-2-10-24-18(14-6-8-16(21)9-7-14)22-23-19(24)26-12-11-25-17-5-3-4-15(20)13-17/h2-9,13H,1,10-12H2. The van der Waals surface area contributed by atoms with Crippen LogP contribution < -0.4 is 4.74 Å². The predicted octanol–water partition coefficient (Wildman–Crippen LogP) is 5.72. The van der Waals surface area contributed by atoms with Gasteiger partial charge in [-0.25, -0.2) is 0 Å². The number of halogens is 2. The van der Waals surface area contributed by atoms with Crippen LogP contribution >= 0.6 is 39.3 Å². The zero-order chi connectivity index (χ0) is 18.4.